The molecule has 0 saturated heterocycles. The van der Waals surface area contributed by atoms with Crippen molar-refractivity contribution in [3.05, 3.63) is 80.5 Å². The van der Waals surface area contributed by atoms with Crippen LogP contribution in [0.2, 0.25) is 0 Å². The Morgan fingerprint density at radius 3 is 2.28 bits per heavy atom. The smallest absolute Gasteiger partial charge is 0.341 e. The number of hydrogen-bond acceptors (Lipinski definition) is 6. The molecule has 3 aromatic rings. The van der Waals surface area contributed by atoms with Crippen LogP contribution in [0.3, 0.4) is 0 Å². The molecule has 1 aromatic heterocycles. The summed E-state index contributed by atoms with van der Waals surface area (Å²) in [5.41, 5.74) is 1.37. The fourth-order valence-electron chi connectivity index (χ4n) is 2.80. The SMILES string of the molecule is COC(=O)c1c(NC(=O)c2ccc([N+](=O)[O-])cc2)sc(C)c1-c1ccc(F)cc1. The van der Waals surface area contributed by atoms with Gasteiger partial charge in [-0.15, -0.1) is 11.3 Å². The molecule has 29 heavy (non-hydrogen) atoms. The molecule has 1 amide bonds. The van der Waals surface area contributed by atoms with E-state index in [1.165, 1.54) is 54.8 Å². The van der Waals surface area contributed by atoms with Crippen molar-refractivity contribution in [1.29, 1.82) is 0 Å². The van der Waals surface area contributed by atoms with Crippen molar-refractivity contribution in [3.63, 3.8) is 0 Å². The lowest BCUT2D eigenvalue weighted by molar-refractivity contribution is -0.384. The van der Waals surface area contributed by atoms with Crippen molar-refractivity contribution in [3.8, 4) is 11.1 Å². The first-order chi connectivity index (χ1) is 13.8. The topological polar surface area (TPSA) is 98.5 Å². The number of ether oxygens (including phenoxy) is 1. The van der Waals surface area contributed by atoms with E-state index < -0.39 is 22.6 Å². The van der Waals surface area contributed by atoms with Gasteiger partial charge in [-0.1, -0.05) is 12.1 Å². The number of aryl methyl sites for hydroxylation is 1. The molecule has 1 N–H and O–H groups in total. The lowest BCUT2D eigenvalue weighted by Crippen LogP contribution is -2.14. The minimum Gasteiger partial charge on any atom is -0.465 e. The number of amides is 1. The highest BCUT2D eigenvalue weighted by atomic mass is 32.1. The average Bonchev–Trinajstić information content (AvgIpc) is 3.03. The van der Waals surface area contributed by atoms with Crippen LogP contribution >= 0.6 is 11.3 Å². The van der Waals surface area contributed by atoms with Crippen LogP contribution < -0.4 is 5.32 Å². The zero-order valence-electron chi connectivity index (χ0n) is 15.4. The minimum atomic E-state index is -0.646. The number of esters is 1. The van der Waals surface area contributed by atoms with Gasteiger partial charge in [0.25, 0.3) is 11.6 Å². The van der Waals surface area contributed by atoms with Crippen molar-refractivity contribution in [2.75, 3.05) is 12.4 Å². The third kappa shape index (κ3) is 4.14. The maximum atomic E-state index is 13.3. The molecule has 0 aliphatic rings. The van der Waals surface area contributed by atoms with E-state index in [2.05, 4.69) is 5.32 Å². The molecule has 0 saturated carbocycles. The average molecular weight is 414 g/mol. The minimum absolute atomic E-state index is 0.137. The molecule has 148 valence electrons. The summed E-state index contributed by atoms with van der Waals surface area (Å²) < 4.78 is 18.2. The summed E-state index contributed by atoms with van der Waals surface area (Å²) in [5, 5.41) is 13.7. The molecule has 0 fully saturated rings. The largest absolute Gasteiger partial charge is 0.465 e. The van der Waals surface area contributed by atoms with E-state index in [-0.39, 0.29) is 21.8 Å². The molecule has 7 nitrogen and oxygen atoms in total. The van der Waals surface area contributed by atoms with Gasteiger partial charge in [0.05, 0.1) is 12.0 Å². The molecule has 0 atom stereocenters. The molecule has 1 heterocycles. The summed E-state index contributed by atoms with van der Waals surface area (Å²) in [6.45, 7) is 1.78. The maximum absolute atomic E-state index is 13.3. The van der Waals surface area contributed by atoms with E-state index >= 15 is 0 Å². The van der Waals surface area contributed by atoms with Gasteiger partial charge in [0.2, 0.25) is 0 Å². The van der Waals surface area contributed by atoms with Gasteiger partial charge in [0.15, 0.2) is 0 Å². The summed E-state index contributed by atoms with van der Waals surface area (Å²) in [5.74, 6) is -1.59. The monoisotopic (exact) mass is 414 g/mol. The molecule has 2 aromatic carbocycles. The first-order valence-electron chi connectivity index (χ1n) is 8.35. The molecule has 0 aliphatic heterocycles. The van der Waals surface area contributed by atoms with Gasteiger partial charge in [0, 0.05) is 28.1 Å². The van der Waals surface area contributed by atoms with Gasteiger partial charge in [-0.05, 0) is 36.8 Å². The molecule has 0 radical (unpaired) electrons. The number of carbonyl (C=O) groups excluding carboxylic acids is 2. The summed E-state index contributed by atoms with van der Waals surface area (Å²) in [6, 6.07) is 10.7. The number of non-ortho nitro benzene ring substituents is 1. The molecular formula is C20H15FN2O5S. The van der Waals surface area contributed by atoms with E-state index in [0.29, 0.717) is 11.1 Å². The van der Waals surface area contributed by atoms with Crippen molar-refractivity contribution in [2.24, 2.45) is 0 Å². The number of hydrogen-bond donors (Lipinski definition) is 1. The van der Waals surface area contributed by atoms with Crippen LogP contribution in [0, 0.1) is 22.9 Å². The Hall–Kier alpha value is -3.59. The van der Waals surface area contributed by atoms with Crippen LogP contribution in [-0.2, 0) is 4.74 Å². The van der Waals surface area contributed by atoms with Crippen LogP contribution in [0.15, 0.2) is 48.5 Å². The highest BCUT2D eigenvalue weighted by Crippen LogP contribution is 2.40. The van der Waals surface area contributed by atoms with Crippen LogP contribution in [-0.4, -0.2) is 23.9 Å². The first-order valence-corrected chi connectivity index (χ1v) is 9.17. The molecule has 0 unspecified atom stereocenters. The Bertz CT molecular complexity index is 1090. The number of nitro groups is 1. The number of halogens is 1. The van der Waals surface area contributed by atoms with Crippen LogP contribution in [0.5, 0.6) is 0 Å². The standard InChI is InChI=1S/C20H15FN2O5S/c1-11-16(12-3-7-14(21)8-4-12)17(20(25)28-2)19(29-11)22-18(24)13-5-9-15(10-6-13)23(26)27/h3-10H,1-2H3,(H,22,24). The quantitative estimate of drug-likeness (QED) is 0.367. The van der Waals surface area contributed by atoms with Crippen molar-refractivity contribution < 1.29 is 23.6 Å². The number of carbonyl (C=O) groups is 2. The van der Waals surface area contributed by atoms with E-state index in [1.54, 1.807) is 19.1 Å². The van der Waals surface area contributed by atoms with Gasteiger partial charge < -0.3 is 10.1 Å². The van der Waals surface area contributed by atoms with E-state index in [4.69, 9.17) is 4.74 Å². The number of nitrogens with zero attached hydrogens (tertiary/aromatic N) is 1. The number of anilines is 1. The summed E-state index contributed by atoms with van der Waals surface area (Å²) in [6.07, 6.45) is 0. The second kappa shape index (κ2) is 8.19. The van der Waals surface area contributed by atoms with E-state index in [9.17, 15) is 24.1 Å². The Morgan fingerprint density at radius 1 is 1.10 bits per heavy atom. The molecular weight excluding hydrogens is 399 g/mol. The van der Waals surface area contributed by atoms with Gasteiger partial charge >= 0.3 is 5.97 Å². The molecule has 0 aliphatic carbocycles. The molecule has 0 spiro atoms. The summed E-state index contributed by atoms with van der Waals surface area (Å²) in [4.78, 5) is 35.9. The second-order valence-corrected chi connectivity index (χ2v) is 7.22. The molecule has 3 rings (SSSR count). The van der Waals surface area contributed by atoms with Crippen molar-refractivity contribution >= 4 is 33.9 Å². The second-order valence-electron chi connectivity index (χ2n) is 5.99. The summed E-state index contributed by atoms with van der Waals surface area (Å²) in [7, 11) is 1.23. The predicted octanol–water partition coefficient (Wildman–Crippen LogP) is 4.81. The third-order valence-corrected chi connectivity index (χ3v) is 5.19. The van der Waals surface area contributed by atoms with E-state index in [1.807, 2.05) is 0 Å². The van der Waals surface area contributed by atoms with Crippen LogP contribution in [0.1, 0.15) is 25.6 Å². The zero-order chi connectivity index (χ0) is 21.1. The highest BCUT2D eigenvalue weighted by Gasteiger charge is 2.25. The summed E-state index contributed by atoms with van der Waals surface area (Å²) >= 11 is 1.18. The predicted molar refractivity (Wildman–Crippen MR) is 107 cm³/mol. The van der Waals surface area contributed by atoms with Gasteiger partial charge in [-0.3, -0.25) is 14.9 Å². The number of nitro benzene ring substituents is 1. The maximum Gasteiger partial charge on any atom is 0.341 e. The number of thiophene rings is 1. The lowest BCUT2D eigenvalue weighted by Gasteiger charge is -2.08. The van der Waals surface area contributed by atoms with Gasteiger partial charge in [-0.2, -0.15) is 0 Å². The van der Waals surface area contributed by atoms with Gasteiger partial charge in [0.1, 0.15) is 16.4 Å². The van der Waals surface area contributed by atoms with Crippen molar-refractivity contribution in [1.82, 2.24) is 0 Å². The number of rotatable bonds is 5. The Morgan fingerprint density at radius 2 is 1.72 bits per heavy atom. The Labute approximate surface area is 168 Å². The fourth-order valence-corrected chi connectivity index (χ4v) is 3.86. The van der Waals surface area contributed by atoms with Gasteiger partial charge in [-0.25, -0.2) is 9.18 Å². The van der Waals surface area contributed by atoms with E-state index in [0.717, 1.165) is 4.88 Å². The highest BCUT2D eigenvalue weighted by molar-refractivity contribution is 7.17. The molecule has 9 heteroatoms. The number of methoxy groups -OCH3 is 1. The molecule has 0 bridgehead atoms. The normalized spacial score (nSPS) is 10.4. The first kappa shape index (κ1) is 20.2. The van der Waals surface area contributed by atoms with Crippen LogP contribution in [0.25, 0.3) is 11.1 Å². The Kier molecular flexibility index (Phi) is 5.69. The fraction of sp³-hybridized carbons (Fsp3) is 0.100. The lowest BCUT2D eigenvalue weighted by atomic mass is 10.0. The third-order valence-electron chi connectivity index (χ3n) is 4.17. The zero-order valence-corrected chi connectivity index (χ0v) is 16.2. The van der Waals surface area contributed by atoms with Crippen LogP contribution in [0.4, 0.5) is 15.1 Å². The number of nitrogens with one attached hydrogen (secondary N) is 1. The number of benzene rings is 2. The van der Waals surface area contributed by atoms with Crippen molar-refractivity contribution in [2.45, 2.75) is 6.92 Å². The Balaban J connectivity index is 1.99.